The van der Waals surface area contributed by atoms with Gasteiger partial charge in [-0.2, -0.15) is 4.99 Å². The molecular weight excluding hydrogens is 382 g/mol. The van der Waals surface area contributed by atoms with E-state index < -0.39 is 0 Å². The van der Waals surface area contributed by atoms with E-state index in [-0.39, 0.29) is 18.2 Å². The number of carbonyl (C=O) groups excluding carboxylic acids is 1. The van der Waals surface area contributed by atoms with Crippen LogP contribution in [0.1, 0.15) is 17.2 Å². The predicted octanol–water partition coefficient (Wildman–Crippen LogP) is 3.00. The summed E-state index contributed by atoms with van der Waals surface area (Å²) >= 11 is 0. The second-order valence-corrected chi connectivity index (χ2v) is 7.66. The topological polar surface area (TPSA) is 63.6 Å². The number of urea groups is 1. The lowest BCUT2D eigenvalue weighted by molar-refractivity contribution is 0.107. The Kier molecular flexibility index (Phi) is 6.01. The molecule has 0 spiro atoms. The van der Waals surface area contributed by atoms with Crippen molar-refractivity contribution in [2.45, 2.75) is 12.1 Å². The Bertz CT molecular complexity index is 926. The molecule has 0 radical (unpaired) electrons. The number of rotatable bonds is 8. The summed E-state index contributed by atoms with van der Waals surface area (Å²) < 4.78 is 17.2. The van der Waals surface area contributed by atoms with E-state index >= 15 is 0 Å². The molecule has 2 heterocycles. The summed E-state index contributed by atoms with van der Waals surface area (Å²) in [5.41, 5.74) is 2.51. The lowest BCUT2D eigenvalue weighted by Gasteiger charge is -2.35. The highest BCUT2D eigenvalue weighted by Crippen LogP contribution is 2.43. The minimum Gasteiger partial charge on any atom is -0.492 e. The number of fused-ring (bicyclic) bond motifs is 3. The molecule has 30 heavy (non-hydrogen) atoms. The van der Waals surface area contributed by atoms with E-state index in [9.17, 15) is 4.79 Å². The molecule has 7 nitrogen and oxygen atoms in total. The van der Waals surface area contributed by atoms with Crippen LogP contribution >= 0.6 is 0 Å². The third kappa shape index (κ3) is 4.04. The van der Waals surface area contributed by atoms with E-state index in [1.54, 1.807) is 12.0 Å². The molecule has 2 aliphatic heterocycles. The predicted molar refractivity (Wildman–Crippen MR) is 115 cm³/mol. The highest BCUT2D eigenvalue weighted by atomic mass is 16.5. The van der Waals surface area contributed by atoms with Gasteiger partial charge >= 0.3 is 6.03 Å². The number of carbonyl (C=O) groups is 1. The van der Waals surface area contributed by atoms with Crippen molar-refractivity contribution >= 4 is 11.7 Å². The third-order valence-electron chi connectivity index (χ3n) is 5.34. The monoisotopic (exact) mass is 409 g/mol. The minimum atomic E-state index is -0.350. The van der Waals surface area contributed by atoms with Crippen LogP contribution in [-0.2, 0) is 4.74 Å². The molecule has 2 aliphatic rings. The molecule has 2 unspecified atom stereocenters. The molecule has 4 rings (SSSR count). The summed E-state index contributed by atoms with van der Waals surface area (Å²) in [6, 6.07) is 15.1. The maximum Gasteiger partial charge on any atom is 0.344 e. The largest absolute Gasteiger partial charge is 0.492 e. The number of nitrogens with zero attached hydrogens (tertiary/aromatic N) is 3. The Morgan fingerprint density at radius 2 is 1.87 bits per heavy atom. The average Bonchev–Trinajstić information content (AvgIpc) is 3.13. The van der Waals surface area contributed by atoms with Gasteiger partial charge in [-0.05, 0) is 44.4 Å². The normalized spacial score (nSPS) is 19.9. The molecule has 0 fully saturated rings. The molecule has 0 bridgehead atoms. The molecule has 0 saturated carbocycles. The molecule has 0 aromatic heterocycles. The van der Waals surface area contributed by atoms with Gasteiger partial charge in [-0.25, -0.2) is 4.79 Å². The molecule has 0 saturated heterocycles. The summed E-state index contributed by atoms with van der Waals surface area (Å²) in [5, 5.41) is 0. The van der Waals surface area contributed by atoms with Gasteiger partial charge in [-0.1, -0.05) is 18.2 Å². The van der Waals surface area contributed by atoms with Crippen molar-refractivity contribution in [3.63, 3.8) is 0 Å². The van der Waals surface area contributed by atoms with E-state index in [1.165, 1.54) is 0 Å². The van der Waals surface area contributed by atoms with E-state index in [0.29, 0.717) is 25.5 Å². The van der Waals surface area contributed by atoms with Crippen LogP contribution in [-0.4, -0.2) is 75.2 Å². The summed E-state index contributed by atoms with van der Waals surface area (Å²) in [7, 11) is 5.65. The molecule has 0 aliphatic carbocycles. The first-order chi connectivity index (χ1) is 14.6. The van der Waals surface area contributed by atoms with Crippen LogP contribution in [0.4, 0.5) is 4.79 Å². The van der Waals surface area contributed by atoms with Crippen LogP contribution in [0.5, 0.6) is 11.5 Å². The molecule has 2 aromatic carbocycles. The first kappa shape index (κ1) is 20.4. The second-order valence-electron chi connectivity index (χ2n) is 7.66. The first-order valence-corrected chi connectivity index (χ1v) is 10.1. The maximum atomic E-state index is 12.9. The van der Waals surface area contributed by atoms with Gasteiger partial charge in [0, 0.05) is 31.3 Å². The Morgan fingerprint density at radius 1 is 1.10 bits per heavy atom. The number of hydrogen-bond acceptors (Lipinski definition) is 5. The fourth-order valence-electron chi connectivity index (χ4n) is 3.80. The first-order valence-electron chi connectivity index (χ1n) is 10.1. The van der Waals surface area contributed by atoms with Crippen LogP contribution in [0.2, 0.25) is 0 Å². The maximum absolute atomic E-state index is 12.9. The highest BCUT2D eigenvalue weighted by molar-refractivity contribution is 6.11. The lowest BCUT2D eigenvalue weighted by atomic mass is 9.93. The minimum absolute atomic E-state index is 0.215. The smallest absolute Gasteiger partial charge is 0.344 e. The number of amides is 2. The van der Waals surface area contributed by atoms with Crippen LogP contribution in [0.15, 0.2) is 53.5 Å². The Morgan fingerprint density at radius 3 is 2.60 bits per heavy atom. The van der Waals surface area contributed by atoms with Crippen molar-refractivity contribution in [1.82, 2.24) is 9.80 Å². The molecule has 2 atom stereocenters. The van der Waals surface area contributed by atoms with E-state index in [2.05, 4.69) is 9.89 Å². The van der Waals surface area contributed by atoms with E-state index in [1.807, 2.05) is 62.6 Å². The molecule has 2 aromatic rings. The fraction of sp³-hybridized carbons (Fsp3) is 0.391. The average molecular weight is 409 g/mol. The summed E-state index contributed by atoms with van der Waals surface area (Å²) in [6.07, 6.45) is -0.350. The molecular formula is C23H27N3O4. The van der Waals surface area contributed by atoms with Crippen LogP contribution in [0, 0.1) is 0 Å². The number of hydrogen-bond donors (Lipinski definition) is 0. The van der Waals surface area contributed by atoms with Crippen molar-refractivity contribution in [2.24, 2.45) is 4.99 Å². The van der Waals surface area contributed by atoms with Gasteiger partial charge in [0.05, 0.1) is 12.3 Å². The second kappa shape index (κ2) is 8.85. The van der Waals surface area contributed by atoms with E-state index in [0.717, 1.165) is 29.2 Å². The molecule has 2 amide bonds. The zero-order valence-electron chi connectivity index (χ0n) is 17.6. The van der Waals surface area contributed by atoms with Gasteiger partial charge in [0.1, 0.15) is 24.1 Å². The van der Waals surface area contributed by atoms with Crippen molar-refractivity contribution in [2.75, 3.05) is 47.5 Å². The highest BCUT2D eigenvalue weighted by Gasteiger charge is 2.46. The van der Waals surface area contributed by atoms with Gasteiger partial charge < -0.3 is 24.0 Å². The van der Waals surface area contributed by atoms with Crippen LogP contribution < -0.4 is 9.47 Å². The summed E-state index contributed by atoms with van der Waals surface area (Å²) in [5.74, 6) is 1.58. The van der Waals surface area contributed by atoms with Crippen molar-refractivity contribution in [1.29, 1.82) is 0 Å². The van der Waals surface area contributed by atoms with E-state index in [4.69, 9.17) is 14.2 Å². The summed E-state index contributed by atoms with van der Waals surface area (Å²) in [4.78, 5) is 21.1. The number of aliphatic imine (C=N–C) groups is 1. The number of methoxy groups -OCH3 is 1. The summed E-state index contributed by atoms with van der Waals surface area (Å²) in [6.45, 7) is 2.37. The van der Waals surface area contributed by atoms with Gasteiger partial charge in [-0.15, -0.1) is 0 Å². The zero-order chi connectivity index (χ0) is 21.1. The van der Waals surface area contributed by atoms with Gasteiger partial charge in [0.15, 0.2) is 6.10 Å². The third-order valence-corrected chi connectivity index (χ3v) is 5.34. The number of likely N-dealkylation sites (N-methyl/N-ethyl adjacent to an activating group) is 1. The van der Waals surface area contributed by atoms with Crippen LogP contribution in [0.25, 0.3) is 0 Å². The number of para-hydroxylation sites is 1. The van der Waals surface area contributed by atoms with Crippen molar-refractivity contribution in [3.05, 3.63) is 59.7 Å². The van der Waals surface area contributed by atoms with Crippen LogP contribution in [0.3, 0.4) is 0 Å². The Balaban J connectivity index is 1.60. The SMILES string of the molecule is COCCN1C(=O)N=C(c2ccc(OCCN(C)C)cc2)C2Oc3ccccc3C21. The quantitative estimate of drug-likeness (QED) is 0.671. The fourth-order valence-corrected chi connectivity index (χ4v) is 3.80. The van der Waals surface area contributed by atoms with Gasteiger partial charge in [0.2, 0.25) is 0 Å². The molecule has 7 heteroatoms. The number of benzene rings is 2. The van der Waals surface area contributed by atoms with Crippen molar-refractivity contribution in [3.8, 4) is 11.5 Å². The number of ether oxygens (including phenoxy) is 3. The molecule has 0 N–H and O–H groups in total. The van der Waals surface area contributed by atoms with Gasteiger partial charge in [0.25, 0.3) is 0 Å². The van der Waals surface area contributed by atoms with Crippen molar-refractivity contribution < 1.29 is 19.0 Å². The zero-order valence-corrected chi connectivity index (χ0v) is 17.6. The standard InChI is InChI=1S/C23H27N3O4/c1-25(2)12-15-29-17-10-8-16(9-11-17)20-22-21(18-6-4-5-7-19(18)30-22)26(13-14-28-3)23(27)24-20/h4-11,21-22H,12-15H2,1-3H3. The van der Waals surface area contributed by atoms with Gasteiger partial charge in [-0.3, -0.25) is 0 Å². The Hall–Kier alpha value is -2.90. The lowest BCUT2D eigenvalue weighted by Crippen LogP contribution is -2.48. The molecule has 158 valence electrons. The Labute approximate surface area is 176 Å².